The molecule has 0 bridgehead atoms. The van der Waals surface area contributed by atoms with Gasteiger partial charge in [-0.3, -0.25) is 9.97 Å². The van der Waals surface area contributed by atoms with Crippen LogP contribution in [0.2, 0.25) is 0 Å². The Balaban J connectivity index is 1.53. The van der Waals surface area contributed by atoms with Crippen molar-refractivity contribution in [3.63, 3.8) is 0 Å². The number of benzene rings is 4. The third-order valence-electron chi connectivity index (χ3n) is 5.74. The highest BCUT2D eigenvalue weighted by atomic mass is 14.8. The van der Waals surface area contributed by atoms with Crippen molar-refractivity contribution in [2.45, 2.75) is 0 Å². The van der Waals surface area contributed by atoms with Crippen LogP contribution in [0.1, 0.15) is 0 Å². The Hall–Kier alpha value is -4.29. The maximum Gasteiger partial charge on any atom is 0.190 e. The van der Waals surface area contributed by atoms with E-state index in [2.05, 4.69) is 75.5 Å². The zero-order valence-corrected chi connectivity index (χ0v) is 16.0. The maximum atomic E-state index is 7.19. The van der Waals surface area contributed by atoms with E-state index in [-0.39, 0.29) is 0 Å². The Morgan fingerprint density at radius 3 is 2.20 bits per heavy atom. The first-order valence-electron chi connectivity index (χ1n) is 9.79. The largest absolute Gasteiger partial charge is 0.257 e. The molecule has 0 fully saturated rings. The average Bonchev–Trinajstić information content (AvgIpc) is 2.82. The molecule has 2 aromatic heterocycles. The third kappa shape index (κ3) is 2.45. The minimum absolute atomic E-state index is 0.567. The summed E-state index contributed by atoms with van der Waals surface area (Å²) in [4.78, 5) is 12.5. The molecule has 0 aliphatic rings. The molecule has 138 valence electrons. The molecule has 30 heavy (non-hydrogen) atoms. The van der Waals surface area contributed by atoms with Gasteiger partial charge in [0.1, 0.15) is 0 Å². The van der Waals surface area contributed by atoms with E-state index in [4.69, 9.17) is 6.57 Å². The molecule has 0 aliphatic heterocycles. The summed E-state index contributed by atoms with van der Waals surface area (Å²) < 4.78 is 0. The van der Waals surface area contributed by atoms with Crippen LogP contribution in [0.15, 0.2) is 91.3 Å². The summed E-state index contributed by atoms with van der Waals surface area (Å²) in [5.41, 5.74) is 4.28. The third-order valence-corrected chi connectivity index (χ3v) is 5.74. The quantitative estimate of drug-likeness (QED) is 0.233. The van der Waals surface area contributed by atoms with Gasteiger partial charge in [-0.15, -0.1) is 0 Å². The highest BCUT2D eigenvalue weighted by Crippen LogP contribution is 2.39. The van der Waals surface area contributed by atoms with Crippen molar-refractivity contribution in [3.05, 3.63) is 103 Å². The monoisotopic (exact) mass is 381 g/mol. The lowest BCUT2D eigenvalue weighted by atomic mass is 9.90. The number of hydrogen-bond acceptors (Lipinski definition) is 2. The fourth-order valence-corrected chi connectivity index (χ4v) is 4.32. The van der Waals surface area contributed by atoms with Crippen molar-refractivity contribution in [1.29, 1.82) is 0 Å². The lowest BCUT2D eigenvalue weighted by molar-refractivity contribution is 1.25. The predicted octanol–water partition coefficient (Wildman–Crippen LogP) is 7.26. The smallest absolute Gasteiger partial charge is 0.190 e. The number of aromatic nitrogens is 2. The maximum absolute atomic E-state index is 7.19. The first-order chi connectivity index (χ1) is 14.8. The van der Waals surface area contributed by atoms with Crippen molar-refractivity contribution in [2.75, 3.05) is 0 Å². The summed E-state index contributed by atoms with van der Waals surface area (Å²) in [5.74, 6) is 0. The minimum atomic E-state index is 0.567. The van der Waals surface area contributed by atoms with Crippen molar-refractivity contribution in [3.8, 4) is 22.5 Å². The standard InChI is InChI=1S/C27H15N3/c1-28-21-13-14-29-25(15-21)24-12-9-20(16-30-24)22-10-7-19-6-5-17-3-2-4-18-8-11-23(22)27(19)26(17)18/h2-16H. The molecule has 2 heterocycles. The van der Waals surface area contributed by atoms with E-state index in [9.17, 15) is 0 Å². The summed E-state index contributed by atoms with van der Waals surface area (Å²) in [6, 6.07) is 27.2. The van der Waals surface area contributed by atoms with Crippen molar-refractivity contribution in [1.82, 2.24) is 9.97 Å². The van der Waals surface area contributed by atoms with E-state index >= 15 is 0 Å². The van der Waals surface area contributed by atoms with E-state index in [0.717, 1.165) is 11.3 Å². The molecule has 0 saturated carbocycles. The topological polar surface area (TPSA) is 30.1 Å². The van der Waals surface area contributed by atoms with Gasteiger partial charge in [0, 0.05) is 18.0 Å². The Morgan fingerprint density at radius 1 is 0.667 bits per heavy atom. The van der Waals surface area contributed by atoms with Gasteiger partial charge in [0.15, 0.2) is 5.69 Å². The fourth-order valence-electron chi connectivity index (χ4n) is 4.32. The molecule has 0 N–H and O–H groups in total. The zero-order valence-electron chi connectivity index (χ0n) is 16.0. The Kier molecular flexibility index (Phi) is 3.53. The van der Waals surface area contributed by atoms with Crippen LogP contribution in [0.3, 0.4) is 0 Å². The normalized spacial score (nSPS) is 11.3. The summed E-state index contributed by atoms with van der Waals surface area (Å²) in [7, 11) is 0. The van der Waals surface area contributed by atoms with Crippen LogP contribution in [0.4, 0.5) is 5.69 Å². The van der Waals surface area contributed by atoms with Crippen LogP contribution < -0.4 is 0 Å². The second-order valence-corrected chi connectivity index (χ2v) is 7.41. The van der Waals surface area contributed by atoms with E-state index in [1.807, 2.05) is 12.3 Å². The molecule has 3 heteroatoms. The molecular weight excluding hydrogens is 366 g/mol. The van der Waals surface area contributed by atoms with Gasteiger partial charge in [-0.2, -0.15) is 0 Å². The van der Waals surface area contributed by atoms with E-state index in [0.29, 0.717) is 11.4 Å². The van der Waals surface area contributed by atoms with E-state index < -0.39 is 0 Å². The number of nitrogens with zero attached hydrogens (tertiary/aromatic N) is 3. The first kappa shape index (κ1) is 16.6. The van der Waals surface area contributed by atoms with E-state index in [1.165, 1.54) is 37.9 Å². The molecule has 0 saturated heterocycles. The van der Waals surface area contributed by atoms with Crippen LogP contribution in [0.25, 0.3) is 59.7 Å². The van der Waals surface area contributed by atoms with Crippen molar-refractivity contribution in [2.24, 2.45) is 0 Å². The summed E-state index contributed by atoms with van der Waals surface area (Å²) in [5, 5.41) is 7.64. The summed E-state index contributed by atoms with van der Waals surface area (Å²) in [6.45, 7) is 7.19. The Morgan fingerprint density at radius 2 is 1.43 bits per heavy atom. The molecule has 3 nitrogen and oxygen atoms in total. The van der Waals surface area contributed by atoms with Crippen LogP contribution in [0.5, 0.6) is 0 Å². The second-order valence-electron chi connectivity index (χ2n) is 7.41. The fraction of sp³-hybridized carbons (Fsp3) is 0. The van der Waals surface area contributed by atoms with Crippen molar-refractivity contribution < 1.29 is 0 Å². The second kappa shape index (κ2) is 6.37. The van der Waals surface area contributed by atoms with Crippen molar-refractivity contribution >= 4 is 38.0 Å². The lowest BCUT2D eigenvalue weighted by Gasteiger charge is -2.14. The van der Waals surface area contributed by atoms with E-state index in [1.54, 1.807) is 18.3 Å². The SMILES string of the molecule is [C-]#[N+]c1ccnc(-c2ccc(-c3ccc4ccc5cccc6ccc3c4c56)cn2)c1. The molecule has 6 rings (SSSR count). The minimum Gasteiger partial charge on any atom is -0.257 e. The summed E-state index contributed by atoms with van der Waals surface area (Å²) in [6.07, 6.45) is 3.55. The van der Waals surface area contributed by atoms with Crippen LogP contribution >= 0.6 is 0 Å². The van der Waals surface area contributed by atoms with Gasteiger partial charge in [0.05, 0.1) is 18.0 Å². The Labute approximate surface area is 173 Å². The lowest BCUT2D eigenvalue weighted by Crippen LogP contribution is -1.90. The molecule has 0 amide bonds. The van der Waals surface area contributed by atoms with Gasteiger partial charge in [0.2, 0.25) is 0 Å². The Bertz CT molecular complexity index is 1580. The highest BCUT2D eigenvalue weighted by Gasteiger charge is 2.12. The molecule has 0 unspecified atom stereocenters. The molecule has 4 aromatic carbocycles. The molecule has 0 spiro atoms. The van der Waals surface area contributed by atoms with Crippen LogP contribution in [-0.2, 0) is 0 Å². The number of hydrogen-bond donors (Lipinski definition) is 0. The average molecular weight is 381 g/mol. The molecular formula is C27H15N3. The molecule has 6 aromatic rings. The van der Waals surface area contributed by atoms with Gasteiger partial charge in [-0.1, -0.05) is 60.7 Å². The first-order valence-corrected chi connectivity index (χ1v) is 9.79. The van der Waals surface area contributed by atoms with Crippen LogP contribution in [-0.4, -0.2) is 9.97 Å². The molecule has 0 atom stereocenters. The summed E-state index contributed by atoms with van der Waals surface area (Å²) >= 11 is 0. The van der Waals surface area contributed by atoms with Crippen LogP contribution in [0, 0.1) is 6.57 Å². The molecule has 0 radical (unpaired) electrons. The van der Waals surface area contributed by atoms with Gasteiger partial charge >= 0.3 is 0 Å². The van der Waals surface area contributed by atoms with Gasteiger partial charge in [-0.05, 0) is 56.1 Å². The predicted molar refractivity (Wildman–Crippen MR) is 123 cm³/mol. The highest BCUT2D eigenvalue weighted by molar-refractivity contribution is 6.25. The number of pyridine rings is 2. The molecule has 0 aliphatic carbocycles. The number of rotatable bonds is 2. The van der Waals surface area contributed by atoms with Gasteiger partial charge in [-0.25, -0.2) is 4.85 Å². The van der Waals surface area contributed by atoms with Gasteiger partial charge in [0.25, 0.3) is 0 Å². The zero-order chi connectivity index (χ0) is 20.1. The van der Waals surface area contributed by atoms with Gasteiger partial charge < -0.3 is 0 Å².